The van der Waals surface area contributed by atoms with E-state index in [4.69, 9.17) is 14.2 Å². The quantitative estimate of drug-likeness (QED) is 0.202. The lowest BCUT2D eigenvalue weighted by Gasteiger charge is -2.47. The minimum Gasteiger partial charge on any atom is -0.394 e. The van der Waals surface area contributed by atoms with Gasteiger partial charge in [0.15, 0.2) is 12.6 Å². The van der Waals surface area contributed by atoms with Crippen LogP contribution in [0, 0.1) is 0 Å². The van der Waals surface area contributed by atoms with Gasteiger partial charge in [0.2, 0.25) is 11.8 Å². The highest BCUT2D eigenvalue weighted by Crippen LogP contribution is 2.28. The third kappa shape index (κ3) is 5.39. The van der Waals surface area contributed by atoms with E-state index in [-0.39, 0.29) is 0 Å². The van der Waals surface area contributed by atoms with Gasteiger partial charge in [-0.05, 0) is 0 Å². The molecule has 0 aromatic carbocycles. The minimum absolute atomic E-state index is 0.576. The van der Waals surface area contributed by atoms with Gasteiger partial charge in [-0.15, -0.1) is 0 Å². The first kappa shape index (κ1) is 23.9. The molecule has 2 amide bonds. The first-order chi connectivity index (χ1) is 13.6. The molecule has 0 bridgehead atoms. The average molecular weight is 424 g/mol. The lowest BCUT2D eigenvalue weighted by atomic mass is 9.94. The van der Waals surface area contributed by atoms with E-state index in [9.17, 15) is 40.2 Å². The van der Waals surface area contributed by atoms with Crippen molar-refractivity contribution in [1.82, 2.24) is 10.6 Å². The Kier molecular flexibility index (Phi) is 8.28. The van der Waals surface area contributed by atoms with Crippen molar-refractivity contribution < 1.29 is 54.4 Å². The third-order valence-electron chi connectivity index (χ3n) is 4.78. The Hall–Kier alpha value is -1.42. The zero-order valence-corrected chi connectivity index (χ0v) is 15.9. The van der Waals surface area contributed by atoms with Crippen LogP contribution in [-0.2, 0) is 23.8 Å². The topological polar surface area (TPSA) is 207 Å². The fourth-order valence-corrected chi connectivity index (χ4v) is 3.38. The van der Waals surface area contributed by atoms with Crippen molar-refractivity contribution in [3.8, 4) is 0 Å². The summed E-state index contributed by atoms with van der Waals surface area (Å²) in [5, 5.41) is 64.5. The normalized spacial score (nSPS) is 42.9. The first-order valence-electron chi connectivity index (χ1n) is 9.05. The second kappa shape index (κ2) is 10.1. The fourth-order valence-electron chi connectivity index (χ4n) is 3.38. The Morgan fingerprint density at radius 2 is 1.34 bits per heavy atom. The van der Waals surface area contributed by atoms with Gasteiger partial charge in [0.1, 0.15) is 48.7 Å². The molecule has 0 spiro atoms. The molecule has 2 aliphatic heterocycles. The van der Waals surface area contributed by atoms with Crippen LogP contribution in [0.25, 0.3) is 0 Å². The molecule has 29 heavy (non-hydrogen) atoms. The van der Waals surface area contributed by atoms with Gasteiger partial charge in [-0.2, -0.15) is 0 Å². The van der Waals surface area contributed by atoms with Crippen molar-refractivity contribution in [3.05, 3.63) is 0 Å². The lowest BCUT2D eigenvalue weighted by molar-refractivity contribution is -0.323. The molecule has 0 aromatic heterocycles. The van der Waals surface area contributed by atoms with E-state index in [0.717, 1.165) is 13.8 Å². The highest BCUT2D eigenvalue weighted by atomic mass is 16.7. The van der Waals surface area contributed by atoms with E-state index in [1.165, 1.54) is 0 Å². The Labute approximate surface area is 166 Å². The van der Waals surface area contributed by atoms with Gasteiger partial charge >= 0.3 is 0 Å². The molecule has 0 aliphatic carbocycles. The number of aliphatic hydroxyl groups excluding tert-OH is 6. The van der Waals surface area contributed by atoms with Gasteiger partial charge in [-0.1, -0.05) is 0 Å². The zero-order valence-electron chi connectivity index (χ0n) is 15.9. The summed E-state index contributed by atoms with van der Waals surface area (Å²) in [7, 11) is 0. The first-order valence-corrected chi connectivity index (χ1v) is 9.05. The number of hydrogen-bond acceptors (Lipinski definition) is 11. The van der Waals surface area contributed by atoms with Gasteiger partial charge < -0.3 is 55.5 Å². The van der Waals surface area contributed by atoms with Gasteiger partial charge in [-0.3, -0.25) is 9.59 Å². The molecule has 2 rings (SSSR count). The van der Waals surface area contributed by atoms with Crippen molar-refractivity contribution in [2.45, 2.75) is 75.1 Å². The maximum Gasteiger partial charge on any atom is 0.217 e. The molecule has 13 nitrogen and oxygen atoms in total. The van der Waals surface area contributed by atoms with E-state index < -0.39 is 86.3 Å². The number of carbonyl (C=O) groups is 2. The van der Waals surface area contributed by atoms with Gasteiger partial charge in [0.05, 0.1) is 13.2 Å². The van der Waals surface area contributed by atoms with E-state index in [1.807, 2.05) is 0 Å². The minimum atomic E-state index is -1.66. The van der Waals surface area contributed by atoms with E-state index in [2.05, 4.69) is 10.6 Å². The molecule has 2 aliphatic rings. The number of hydrogen-bond donors (Lipinski definition) is 8. The Balaban J connectivity index is 2.31. The van der Waals surface area contributed by atoms with Gasteiger partial charge in [0.25, 0.3) is 0 Å². The maximum atomic E-state index is 11.5. The molecular weight excluding hydrogens is 396 g/mol. The standard InChI is InChI=1S/C16H28N2O11/c1-5(21)17-9-13(25)11(23)7(3-19)28-16(9)29-14-10(18-6(2)22)15(26)27-8(4-20)12(14)24/h7-16,19-20,23-26H,3-4H2,1-2H3,(H,17,21)(H,18,22)/t7-,8-,9-,10-,11+,12+,13-,14-,15-,16+/m1/s1. The highest BCUT2D eigenvalue weighted by Gasteiger charge is 2.51. The second-order valence-corrected chi connectivity index (χ2v) is 7.00. The van der Waals surface area contributed by atoms with Crippen molar-refractivity contribution in [1.29, 1.82) is 0 Å². The molecule has 0 unspecified atom stereocenters. The summed E-state index contributed by atoms with van der Waals surface area (Å²) in [6, 6.07) is -2.59. The lowest BCUT2D eigenvalue weighted by Crippen LogP contribution is -2.69. The SMILES string of the molecule is CC(=O)N[C@@H]1[C@@H](O[C@@H]2O[C@H](CO)[C@H](O)[C@H](O)[C@H]2NC(C)=O)[C@@H](O)[C@@H](CO)O[C@H]1O. The molecule has 8 N–H and O–H groups in total. The van der Waals surface area contributed by atoms with E-state index in [0.29, 0.717) is 0 Å². The van der Waals surface area contributed by atoms with E-state index in [1.54, 1.807) is 0 Å². The number of aliphatic hydroxyl groups is 6. The molecule has 168 valence electrons. The Morgan fingerprint density at radius 1 is 0.828 bits per heavy atom. The molecule has 2 fully saturated rings. The van der Waals surface area contributed by atoms with Gasteiger partial charge in [0, 0.05) is 13.8 Å². The van der Waals surface area contributed by atoms with Crippen LogP contribution in [0.1, 0.15) is 13.8 Å². The Morgan fingerprint density at radius 3 is 1.86 bits per heavy atom. The average Bonchev–Trinajstić information content (AvgIpc) is 2.65. The number of ether oxygens (including phenoxy) is 3. The zero-order chi connectivity index (χ0) is 21.9. The van der Waals surface area contributed by atoms with Crippen LogP contribution in [0.4, 0.5) is 0 Å². The number of carbonyl (C=O) groups excluding carboxylic acids is 2. The summed E-state index contributed by atoms with van der Waals surface area (Å²) < 4.78 is 16.2. The summed E-state index contributed by atoms with van der Waals surface area (Å²) in [4.78, 5) is 23.0. The number of rotatable bonds is 6. The van der Waals surface area contributed by atoms with Crippen LogP contribution in [-0.4, -0.2) is 117 Å². The predicted molar refractivity (Wildman–Crippen MR) is 91.8 cm³/mol. The number of amides is 2. The summed E-state index contributed by atoms with van der Waals surface area (Å²) in [5.41, 5.74) is 0. The smallest absolute Gasteiger partial charge is 0.217 e. The summed E-state index contributed by atoms with van der Waals surface area (Å²) in [5.74, 6) is -1.16. The van der Waals surface area contributed by atoms with Crippen LogP contribution >= 0.6 is 0 Å². The van der Waals surface area contributed by atoms with Crippen molar-refractivity contribution in [2.24, 2.45) is 0 Å². The largest absolute Gasteiger partial charge is 0.394 e. The molecule has 2 heterocycles. The Bertz CT molecular complexity index is 579. The third-order valence-corrected chi connectivity index (χ3v) is 4.78. The summed E-state index contributed by atoms with van der Waals surface area (Å²) >= 11 is 0. The van der Waals surface area contributed by atoms with Crippen molar-refractivity contribution in [2.75, 3.05) is 13.2 Å². The van der Waals surface area contributed by atoms with Gasteiger partial charge in [-0.25, -0.2) is 0 Å². The molecule has 0 radical (unpaired) electrons. The van der Waals surface area contributed by atoms with Crippen LogP contribution in [0.3, 0.4) is 0 Å². The fraction of sp³-hybridized carbons (Fsp3) is 0.875. The molecular formula is C16H28N2O11. The molecule has 10 atom stereocenters. The van der Waals surface area contributed by atoms with Crippen LogP contribution < -0.4 is 10.6 Å². The van der Waals surface area contributed by atoms with E-state index >= 15 is 0 Å². The van der Waals surface area contributed by atoms with Crippen LogP contribution in [0.2, 0.25) is 0 Å². The highest BCUT2D eigenvalue weighted by molar-refractivity contribution is 5.73. The molecule has 13 heteroatoms. The summed E-state index contributed by atoms with van der Waals surface area (Å²) in [6.07, 6.45) is -11.8. The predicted octanol–water partition coefficient (Wildman–Crippen LogP) is -5.11. The van der Waals surface area contributed by atoms with Crippen LogP contribution in [0.5, 0.6) is 0 Å². The maximum absolute atomic E-state index is 11.5. The number of nitrogens with one attached hydrogen (secondary N) is 2. The molecule has 2 saturated heterocycles. The van der Waals surface area contributed by atoms with Crippen molar-refractivity contribution >= 4 is 11.8 Å². The van der Waals surface area contributed by atoms with Crippen LogP contribution in [0.15, 0.2) is 0 Å². The summed E-state index contributed by atoms with van der Waals surface area (Å²) in [6.45, 7) is 0.959. The molecule has 0 aromatic rings. The monoisotopic (exact) mass is 424 g/mol. The van der Waals surface area contributed by atoms with Crippen molar-refractivity contribution in [3.63, 3.8) is 0 Å². The molecule has 0 saturated carbocycles. The second-order valence-electron chi connectivity index (χ2n) is 7.00.